The number of hydrogen-bond acceptors (Lipinski definition) is 7. The van der Waals surface area contributed by atoms with E-state index in [1.165, 1.54) is 39.5 Å². The molecule has 0 unspecified atom stereocenters. The number of benzene rings is 1. The summed E-state index contributed by atoms with van der Waals surface area (Å²) >= 11 is 3.38. The standard InChI is InChI=1S/C19H17BrN2O7/c1-26-15-8-10(6-12(20)16(15)27-2)7-13-17(23)22(19(25)21-13)9-11-4-5-14(29-11)18(24)28-3/h4-8H,9H2,1-3H3,(H,21,25). The first-order chi connectivity index (χ1) is 13.9. The fourth-order valence-corrected chi connectivity index (χ4v) is 3.35. The summed E-state index contributed by atoms with van der Waals surface area (Å²) in [5.74, 6) is 0.0556. The van der Waals surface area contributed by atoms with Crippen LogP contribution in [0.5, 0.6) is 11.5 Å². The second-order valence-corrected chi connectivity index (χ2v) is 6.73. The third-order valence-corrected chi connectivity index (χ3v) is 4.68. The number of rotatable bonds is 6. The number of amides is 3. The largest absolute Gasteiger partial charge is 0.493 e. The average Bonchev–Trinajstić information content (AvgIpc) is 3.27. The van der Waals surface area contributed by atoms with Crippen LogP contribution in [-0.4, -0.2) is 44.1 Å². The molecule has 9 nitrogen and oxygen atoms in total. The highest BCUT2D eigenvalue weighted by Crippen LogP contribution is 2.37. The van der Waals surface area contributed by atoms with E-state index in [9.17, 15) is 14.4 Å². The van der Waals surface area contributed by atoms with Gasteiger partial charge < -0.3 is 23.9 Å². The van der Waals surface area contributed by atoms with Crippen LogP contribution >= 0.6 is 15.9 Å². The summed E-state index contributed by atoms with van der Waals surface area (Å²) in [6.07, 6.45) is 1.52. The van der Waals surface area contributed by atoms with E-state index >= 15 is 0 Å². The molecule has 0 aliphatic carbocycles. The second-order valence-electron chi connectivity index (χ2n) is 5.88. The van der Waals surface area contributed by atoms with Crippen LogP contribution in [0.15, 0.2) is 38.9 Å². The van der Waals surface area contributed by atoms with Gasteiger partial charge >= 0.3 is 12.0 Å². The summed E-state index contributed by atoms with van der Waals surface area (Å²) in [7, 11) is 4.24. The van der Waals surface area contributed by atoms with Gasteiger partial charge in [-0.15, -0.1) is 0 Å². The third-order valence-electron chi connectivity index (χ3n) is 4.09. The number of carbonyl (C=O) groups excluding carboxylic acids is 3. The number of urea groups is 1. The van der Waals surface area contributed by atoms with Gasteiger partial charge in [-0.2, -0.15) is 0 Å². The van der Waals surface area contributed by atoms with Crippen LogP contribution in [0.4, 0.5) is 4.79 Å². The number of halogens is 1. The van der Waals surface area contributed by atoms with E-state index in [2.05, 4.69) is 26.0 Å². The lowest BCUT2D eigenvalue weighted by molar-refractivity contribution is -0.123. The Kier molecular flexibility index (Phi) is 5.92. The Balaban J connectivity index is 1.82. The van der Waals surface area contributed by atoms with Gasteiger partial charge in [0.25, 0.3) is 5.91 Å². The van der Waals surface area contributed by atoms with Crippen LogP contribution in [0.2, 0.25) is 0 Å². The van der Waals surface area contributed by atoms with Gasteiger partial charge in [-0.3, -0.25) is 9.69 Å². The molecule has 152 valence electrons. The van der Waals surface area contributed by atoms with Crippen molar-refractivity contribution in [3.05, 3.63) is 51.5 Å². The zero-order valence-corrected chi connectivity index (χ0v) is 17.4. The Morgan fingerprint density at radius 1 is 1.21 bits per heavy atom. The molecule has 1 aliphatic rings. The molecule has 2 aromatic rings. The lowest BCUT2D eigenvalue weighted by Crippen LogP contribution is -2.30. The van der Waals surface area contributed by atoms with Crippen molar-refractivity contribution in [2.75, 3.05) is 21.3 Å². The van der Waals surface area contributed by atoms with Crippen molar-refractivity contribution in [3.8, 4) is 11.5 Å². The van der Waals surface area contributed by atoms with E-state index in [0.29, 0.717) is 21.5 Å². The highest BCUT2D eigenvalue weighted by atomic mass is 79.9. The quantitative estimate of drug-likeness (QED) is 0.397. The molecule has 29 heavy (non-hydrogen) atoms. The predicted octanol–water partition coefficient (Wildman–Crippen LogP) is 2.94. The Hall–Kier alpha value is -3.27. The van der Waals surface area contributed by atoms with Crippen molar-refractivity contribution in [1.29, 1.82) is 0 Å². The first-order valence-corrected chi connectivity index (χ1v) is 9.10. The molecule has 1 aromatic heterocycles. The van der Waals surface area contributed by atoms with Crippen molar-refractivity contribution < 1.29 is 33.0 Å². The molecule has 10 heteroatoms. The summed E-state index contributed by atoms with van der Waals surface area (Å²) in [5, 5.41) is 2.53. The number of esters is 1. The Morgan fingerprint density at radius 3 is 2.62 bits per heavy atom. The number of furan rings is 1. The topological polar surface area (TPSA) is 107 Å². The van der Waals surface area contributed by atoms with Crippen LogP contribution < -0.4 is 14.8 Å². The number of nitrogens with one attached hydrogen (secondary N) is 1. The maximum absolute atomic E-state index is 12.7. The molecule has 1 saturated heterocycles. The normalized spacial score (nSPS) is 14.9. The minimum Gasteiger partial charge on any atom is -0.493 e. The first-order valence-electron chi connectivity index (χ1n) is 8.31. The van der Waals surface area contributed by atoms with Crippen LogP contribution in [-0.2, 0) is 16.1 Å². The third kappa shape index (κ3) is 4.11. The molecule has 1 aliphatic heterocycles. The summed E-state index contributed by atoms with van der Waals surface area (Å²) < 4.78 is 21.1. The minimum atomic E-state index is -0.645. The number of carbonyl (C=O) groups is 3. The number of ether oxygens (including phenoxy) is 3. The van der Waals surface area contributed by atoms with Crippen LogP contribution in [0.1, 0.15) is 21.9 Å². The fraction of sp³-hybridized carbons (Fsp3) is 0.211. The summed E-state index contributed by atoms with van der Waals surface area (Å²) in [4.78, 5) is 37.3. The number of imide groups is 1. The van der Waals surface area contributed by atoms with E-state index in [4.69, 9.17) is 13.9 Å². The Labute approximate surface area is 174 Å². The minimum absolute atomic E-state index is 0.0134. The summed E-state index contributed by atoms with van der Waals surface area (Å²) in [6, 6.07) is 5.72. The molecule has 0 saturated carbocycles. The van der Waals surface area contributed by atoms with Gasteiger partial charge in [0.15, 0.2) is 11.5 Å². The molecule has 1 fully saturated rings. The van der Waals surface area contributed by atoms with E-state index < -0.39 is 17.9 Å². The monoisotopic (exact) mass is 464 g/mol. The van der Waals surface area contributed by atoms with Crippen molar-refractivity contribution in [2.24, 2.45) is 0 Å². The van der Waals surface area contributed by atoms with Gasteiger partial charge in [-0.25, -0.2) is 9.59 Å². The van der Waals surface area contributed by atoms with Gasteiger partial charge in [-0.1, -0.05) is 0 Å². The molecule has 0 bridgehead atoms. The summed E-state index contributed by atoms with van der Waals surface area (Å²) in [6.45, 7) is -0.130. The number of methoxy groups -OCH3 is 3. The Morgan fingerprint density at radius 2 is 1.97 bits per heavy atom. The molecule has 1 N–H and O–H groups in total. The molecule has 3 rings (SSSR count). The van der Waals surface area contributed by atoms with E-state index in [1.54, 1.807) is 12.1 Å². The molecular weight excluding hydrogens is 448 g/mol. The lowest BCUT2D eigenvalue weighted by atomic mass is 10.1. The SMILES string of the molecule is COC(=O)c1ccc(CN2C(=O)NC(=Cc3cc(Br)c(OC)c(OC)c3)C2=O)o1. The second kappa shape index (κ2) is 8.39. The van der Waals surface area contributed by atoms with Gasteiger partial charge in [0, 0.05) is 0 Å². The molecular formula is C19H17BrN2O7. The average molecular weight is 465 g/mol. The summed E-state index contributed by atoms with van der Waals surface area (Å²) in [5.41, 5.74) is 0.708. The van der Waals surface area contributed by atoms with Gasteiger partial charge in [0.1, 0.15) is 11.5 Å². The number of nitrogens with zero attached hydrogens (tertiary/aromatic N) is 1. The molecule has 0 spiro atoms. The molecule has 0 atom stereocenters. The van der Waals surface area contributed by atoms with Crippen LogP contribution in [0.3, 0.4) is 0 Å². The smallest absolute Gasteiger partial charge is 0.373 e. The zero-order valence-electron chi connectivity index (χ0n) is 15.8. The van der Waals surface area contributed by atoms with Gasteiger partial charge in [0.2, 0.25) is 5.76 Å². The molecule has 1 aromatic carbocycles. The van der Waals surface area contributed by atoms with Crippen molar-refractivity contribution in [3.63, 3.8) is 0 Å². The lowest BCUT2D eigenvalue weighted by Gasteiger charge is -2.11. The van der Waals surface area contributed by atoms with E-state index in [-0.39, 0.29) is 23.8 Å². The van der Waals surface area contributed by atoms with Crippen LogP contribution in [0.25, 0.3) is 6.08 Å². The maximum atomic E-state index is 12.7. The predicted molar refractivity (Wildman–Crippen MR) is 104 cm³/mol. The maximum Gasteiger partial charge on any atom is 0.373 e. The van der Waals surface area contributed by atoms with Crippen molar-refractivity contribution in [2.45, 2.75) is 6.54 Å². The van der Waals surface area contributed by atoms with E-state index in [0.717, 1.165) is 4.90 Å². The highest BCUT2D eigenvalue weighted by Gasteiger charge is 2.34. The highest BCUT2D eigenvalue weighted by molar-refractivity contribution is 9.10. The zero-order chi connectivity index (χ0) is 21.1. The van der Waals surface area contributed by atoms with Crippen molar-refractivity contribution >= 4 is 39.9 Å². The number of hydrogen-bond donors (Lipinski definition) is 1. The fourth-order valence-electron chi connectivity index (χ4n) is 2.73. The van der Waals surface area contributed by atoms with Crippen molar-refractivity contribution in [1.82, 2.24) is 10.2 Å². The van der Waals surface area contributed by atoms with E-state index in [1.807, 2.05) is 0 Å². The van der Waals surface area contributed by atoms with Gasteiger partial charge in [0.05, 0.1) is 32.3 Å². The first kappa shape index (κ1) is 20.5. The molecule has 3 amide bonds. The molecule has 2 heterocycles. The molecule has 0 radical (unpaired) electrons. The Bertz CT molecular complexity index is 1010. The van der Waals surface area contributed by atoms with Crippen LogP contribution in [0, 0.1) is 0 Å². The van der Waals surface area contributed by atoms with Gasteiger partial charge in [-0.05, 0) is 51.8 Å².